The Kier molecular flexibility index (Phi) is 17.5. The zero-order valence-corrected chi connectivity index (χ0v) is 22.3. The molecule has 8 heteroatoms. The summed E-state index contributed by atoms with van der Waals surface area (Å²) in [6, 6.07) is -0.748. The normalized spacial score (nSPS) is 15.6. The van der Waals surface area contributed by atoms with Gasteiger partial charge >= 0.3 is 5.97 Å². The number of unbranched alkanes of at least 4 members (excludes halogenated alkanes) is 12. The number of esters is 1. The van der Waals surface area contributed by atoms with Crippen LogP contribution in [0.1, 0.15) is 117 Å². The number of rotatable bonds is 18. The van der Waals surface area contributed by atoms with Gasteiger partial charge in [-0.1, -0.05) is 90.9 Å². The summed E-state index contributed by atoms with van der Waals surface area (Å²) >= 11 is 5.40. The molecule has 1 heterocycles. The third kappa shape index (κ3) is 13.9. The lowest BCUT2D eigenvalue weighted by Gasteiger charge is -2.36. The highest BCUT2D eigenvalue weighted by Gasteiger charge is 2.34. The van der Waals surface area contributed by atoms with E-state index in [1.165, 1.54) is 51.4 Å². The summed E-state index contributed by atoms with van der Waals surface area (Å²) in [4.78, 5) is 38.5. The molecule has 0 aromatic carbocycles. The highest BCUT2D eigenvalue weighted by Crippen LogP contribution is 2.13. The second-order valence-corrected chi connectivity index (χ2v) is 9.66. The van der Waals surface area contributed by atoms with Gasteiger partial charge < -0.3 is 20.3 Å². The van der Waals surface area contributed by atoms with Crippen LogP contribution in [0.4, 0.5) is 0 Å². The van der Waals surface area contributed by atoms with E-state index in [9.17, 15) is 14.4 Å². The molecule has 1 fully saturated rings. The number of piperazine rings is 1. The fourth-order valence-corrected chi connectivity index (χ4v) is 4.45. The number of hydrogen-bond acceptors (Lipinski definition) is 5. The van der Waals surface area contributed by atoms with Crippen LogP contribution in [0.25, 0.3) is 0 Å². The van der Waals surface area contributed by atoms with E-state index in [4.69, 9.17) is 17.0 Å². The van der Waals surface area contributed by atoms with E-state index in [0.717, 1.165) is 38.5 Å². The summed E-state index contributed by atoms with van der Waals surface area (Å²) in [5.41, 5.74) is 0. The monoisotopic (exact) mass is 497 g/mol. The number of carbonyl (C=O) groups is 3. The Bertz CT molecular complexity index is 615. The summed E-state index contributed by atoms with van der Waals surface area (Å²) in [6.07, 6.45) is 16.7. The van der Waals surface area contributed by atoms with E-state index in [1.807, 2.05) is 0 Å². The van der Waals surface area contributed by atoms with Crippen LogP contribution in [0.3, 0.4) is 0 Å². The standard InChI is InChI=1S/C26H47N3O4S/c1-3-5-7-8-9-10-11-12-13-14-15-17-23(30)28-26(34)29-19-18-27-25(32)22(29)21-24(31)33-20-16-6-4-2/h22H,3-21H2,1-2H3,(H,27,32)(H,28,30,34). The van der Waals surface area contributed by atoms with Crippen molar-refractivity contribution in [1.82, 2.24) is 15.5 Å². The van der Waals surface area contributed by atoms with E-state index in [0.29, 0.717) is 26.1 Å². The summed E-state index contributed by atoms with van der Waals surface area (Å²) in [5.74, 6) is -0.815. The van der Waals surface area contributed by atoms with Gasteiger partial charge in [-0.15, -0.1) is 0 Å². The lowest BCUT2D eigenvalue weighted by Crippen LogP contribution is -2.60. The number of ether oxygens (including phenoxy) is 1. The van der Waals surface area contributed by atoms with Crippen molar-refractivity contribution in [1.29, 1.82) is 0 Å². The Morgan fingerprint density at radius 1 is 0.941 bits per heavy atom. The van der Waals surface area contributed by atoms with Crippen molar-refractivity contribution in [3.63, 3.8) is 0 Å². The zero-order chi connectivity index (χ0) is 25.0. The van der Waals surface area contributed by atoms with Crippen LogP contribution in [0.15, 0.2) is 0 Å². The molecule has 1 unspecified atom stereocenters. The van der Waals surface area contributed by atoms with Crippen LogP contribution >= 0.6 is 12.2 Å². The summed E-state index contributed by atoms with van der Waals surface area (Å²) < 4.78 is 5.25. The average Bonchev–Trinajstić information content (AvgIpc) is 2.81. The minimum absolute atomic E-state index is 0.0768. The van der Waals surface area contributed by atoms with Gasteiger partial charge in [-0.05, 0) is 25.1 Å². The second kappa shape index (κ2) is 19.6. The van der Waals surface area contributed by atoms with Gasteiger partial charge in [0.25, 0.3) is 0 Å². The maximum atomic E-state index is 12.4. The molecule has 0 saturated carbocycles. The van der Waals surface area contributed by atoms with Crippen LogP contribution in [0, 0.1) is 0 Å². The Morgan fingerprint density at radius 2 is 1.50 bits per heavy atom. The largest absolute Gasteiger partial charge is 0.466 e. The molecule has 1 aliphatic rings. The molecule has 0 aromatic heterocycles. The van der Waals surface area contributed by atoms with Crippen molar-refractivity contribution in [2.45, 2.75) is 123 Å². The van der Waals surface area contributed by atoms with Crippen molar-refractivity contribution in [3.05, 3.63) is 0 Å². The Morgan fingerprint density at radius 3 is 2.12 bits per heavy atom. The van der Waals surface area contributed by atoms with E-state index >= 15 is 0 Å². The molecule has 196 valence electrons. The van der Waals surface area contributed by atoms with Crippen LogP contribution in [-0.2, 0) is 19.1 Å². The van der Waals surface area contributed by atoms with Gasteiger partial charge in [0.1, 0.15) is 6.04 Å². The van der Waals surface area contributed by atoms with Gasteiger partial charge in [0, 0.05) is 19.5 Å². The van der Waals surface area contributed by atoms with Gasteiger partial charge in [-0.3, -0.25) is 14.4 Å². The quantitative estimate of drug-likeness (QED) is 0.157. The molecule has 7 nitrogen and oxygen atoms in total. The molecule has 34 heavy (non-hydrogen) atoms. The third-order valence-corrected chi connectivity index (χ3v) is 6.55. The predicted molar refractivity (Wildman–Crippen MR) is 140 cm³/mol. The third-order valence-electron chi connectivity index (χ3n) is 6.22. The molecule has 0 aromatic rings. The maximum Gasteiger partial charge on any atom is 0.308 e. The molecule has 0 aliphatic carbocycles. The van der Waals surface area contributed by atoms with E-state index in [1.54, 1.807) is 4.90 Å². The summed E-state index contributed by atoms with van der Waals surface area (Å²) in [7, 11) is 0. The fourth-order valence-electron chi connectivity index (χ4n) is 4.12. The lowest BCUT2D eigenvalue weighted by atomic mass is 10.1. The molecule has 1 atom stereocenters. The molecule has 1 rings (SSSR count). The van der Waals surface area contributed by atoms with Crippen LogP contribution in [-0.4, -0.2) is 53.5 Å². The maximum absolute atomic E-state index is 12.4. The molecule has 0 radical (unpaired) electrons. The first-order valence-corrected chi connectivity index (χ1v) is 13.9. The van der Waals surface area contributed by atoms with Gasteiger partial charge in [0.05, 0.1) is 13.0 Å². The topological polar surface area (TPSA) is 87.7 Å². The van der Waals surface area contributed by atoms with Crippen LogP contribution in [0.2, 0.25) is 0 Å². The van der Waals surface area contributed by atoms with Crippen molar-refractivity contribution in [3.8, 4) is 0 Å². The van der Waals surface area contributed by atoms with Gasteiger partial charge in [-0.25, -0.2) is 0 Å². The number of amides is 2. The second-order valence-electron chi connectivity index (χ2n) is 9.27. The van der Waals surface area contributed by atoms with Gasteiger partial charge in [0.2, 0.25) is 11.8 Å². The number of thiocarbonyl (C=S) groups is 1. The SMILES string of the molecule is CCCCCCCCCCCCCC(=O)NC(=S)N1CCNC(=O)C1CC(=O)OCCCCC. The van der Waals surface area contributed by atoms with Crippen molar-refractivity contribution in [2.24, 2.45) is 0 Å². The fraction of sp³-hybridized carbons (Fsp3) is 0.846. The lowest BCUT2D eigenvalue weighted by molar-refractivity contribution is -0.147. The number of hydrogen-bond donors (Lipinski definition) is 2. The zero-order valence-electron chi connectivity index (χ0n) is 21.5. The molecule has 1 aliphatic heterocycles. The molecular formula is C26H47N3O4S. The summed E-state index contributed by atoms with van der Waals surface area (Å²) in [5, 5.41) is 5.74. The average molecular weight is 498 g/mol. The van der Waals surface area contributed by atoms with Gasteiger partial charge in [0.15, 0.2) is 5.11 Å². The van der Waals surface area contributed by atoms with E-state index < -0.39 is 12.0 Å². The molecule has 2 N–H and O–H groups in total. The van der Waals surface area contributed by atoms with Crippen LogP contribution in [0.5, 0.6) is 0 Å². The first kappa shape index (κ1) is 30.3. The van der Waals surface area contributed by atoms with Crippen molar-refractivity contribution in [2.75, 3.05) is 19.7 Å². The predicted octanol–water partition coefficient (Wildman–Crippen LogP) is 5.01. The van der Waals surface area contributed by atoms with Gasteiger partial charge in [-0.2, -0.15) is 0 Å². The van der Waals surface area contributed by atoms with E-state index in [-0.39, 0.29) is 23.3 Å². The number of nitrogens with one attached hydrogen (secondary N) is 2. The van der Waals surface area contributed by atoms with Crippen molar-refractivity contribution >= 4 is 35.1 Å². The minimum atomic E-state index is -0.748. The molecular weight excluding hydrogens is 450 g/mol. The molecule has 2 amide bonds. The first-order valence-electron chi connectivity index (χ1n) is 13.5. The van der Waals surface area contributed by atoms with E-state index in [2.05, 4.69) is 24.5 Å². The number of nitrogens with zero attached hydrogens (tertiary/aromatic N) is 1. The Balaban J connectivity index is 2.25. The smallest absolute Gasteiger partial charge is 0.308 e. The minimum Gasteiger partial charge on any atom is -0.466 e. The van der Waals surface area contributed by atoms with Crippen molar-refractivity contribution < 1.29 is 19.1 Å². The van der Waals surface area contributed by atoms with Crippen LogP contribution < -0.4 is 10.6 Å². The first-order chi connectivity index (χ1) is 16.5. The molecule has 1 saturated heterocycles. The molecule has 0 bridgehead atoms. The summed E-state index contributed by atoms with van der Waals surface area (Å²) in [6.45, 7) is 5.57. The highest BCUT2D eigenvalue weighted by atomic mass is 32.1. The number of carbonyl (C=O) groups excluding carboxylic acids is 3. The highest BCUT2D eigenvalue weighted by molar-refractivity contribution is 7.80. The Hall–Kier alpha value is -1.70. The molecule has 0 spiro atoms. The Labute approximate surface area is 212 Å².